The lowest BCUT2D eigenvalue weighted by Gasteiger charge is -2.15. The Balaban J connectivity index is 1.87. The van der Waals surface area contributed by atoms with Crippen LogP contribution in [0.25, 0.3) is 0 Å². The zero-order valence-electron chi connectivity index (χ0n) is 11.0. The van der Waals surface area contributed by atoms with Gasteiger partial charge in [-0.15, -0.1) is 0 Å². The molecule has 0 spiro atoms. The molecule has 1 N–H and O–H groups in total. The minimum absolute atomic E-state index is 0.155. The topological polar surface area (TPSA) is 53.9 Å². The third-order valence-corrected chi connectivity index (χ3v) is 3.71. The molecule has 1 aromatic carbocycles. The molecule has 2 heterocycles. The first kappa shape index (κ1) is 14.6. The molecule has 0 unspecified atom stereocenters. The van der Waals surface area contributed by atoms with Gasteiger partial charge in [-0.05, 0) is 42.6 Å². The first-order valence-electron chi connectivity index (χ1n) is 6.50. The second-order valence-electron chi connectivity index (χ2n) is 4.71. The third kappa shape index (κ3) is 3.67. The Morgan fingerprint density at radius 2 is 1.57 bits per heavy atom. The van der Waals surface area contributed by atoms with E-state index >= 15 is 0 Å². The molecule has 1 aromatic heterocycles. The lowest BCUT2D eigenvalue weighted by atomic mass is 10.3. The van der Waals surface area contributed by atoms with E-state index in [1.807, 2.05) is 0 Å². The summed E-state index contributed by atoms with van der Waals surface area (Å²) in [6, 6.07) is 5.13. The summed E-state index contributed by atoms with van der Waals surface area (Å²) in [6.45, 7) is 1.87. The van der Waals surface area contributed by atoms with Gasteiger partial charge in [0.15, 0.2) is 0 Å². The first-order valence-corrected chi connectivity index (χ1v) is 7.63. The smallest absolute Gasteiger partial charge is 0.233 e. The first-order chi connectivity index (χ1) is 10.1. The van der Waals surface area contributed by atoms with E-state index in [1.54, 1.807) is 18.2 Å². The van der Waals surface area contributed by atoms with Gasteiger partial charge in [-0.2, -0.15) is 15.0 Å². The number of hydrogen-bond donors (Lipinski definition) is 1. The fourth-order valence-electron chi connectivity index (χ4n) is 2.21. The van der Waals surface area contributed by atoms with E-state index in [1.165, 1.54) is 0 Å². The summed E-state index contributed by atoms with van der Waals surface area (Å²) in [6.07, 6.45) is 2.27. The van der Waals surface area contributed by atoms with Gasteiger partial charge >= 0.3 is 0 Å². The van der Waals surface area contributed by atoms with Crippen molar-refractivity contribution in [2.75, 3.05) is 23.3 Å². The fourth-order valence-corrected chi connectivity index (χ4v) is 2.89. The zero-order chi connectivity index (χ0) is 14.8. The summed E-state index contributed by atoms with van der Waals surface area (Å²) in [5.74, 6) is 0.957. The summed E-state index contributed by atoms with van der Waals surface area (Å²) in [4.78, 5) is 14.7. The van der Waals surface area contributed by atoms with Crippen molar-refractivity contribution in [3.63, 3.8) is 0 Å². The number of rotatable bonds is 3. The fraction of sp³-hybridized carbons (Fsp3) is 0.308. The Morgan fingerprint density at radius 1 is 0.905 bits per heavy atom. The van der Waals surface area contributed by atoms with Crippen molar-refractivity contribution in [3.05, 3.63) is 33.5 Å². The molecule has 0 radical (unpaired) electrons. The second kappa shape index (κ2) is 6.22. The molecule has 0 bridgehead atoms. The summed E-state index contributed by atoms with van der Waals surface area (Å²) < 4.78 is 0. The molecule has 1 aliphatic rings. The van der Waals surface area contributed by atoms with E-state index < -0.39 is 0 Å². The average Bonchev–Trinajstić information content (AvgIpc) is 2.90. The Bertz CT molecular complexity index is 638. The number of aromatic nitrogens is 3. The molecule has 1 aliphatic heterocycles. The number of halogens is 3. The molecule has 0 amide bonds. The van der Waals surface area contributed by atoms with Crippen molar-refractivity contribution in [1.29, 1.82) is 0 Å². The van der Waals surface area contributed by atoms with Crippen LogP contribution in [0, 0.1) is 0 Å². The van der Waals surface area contributed by atoms with Gasteiger partial charge in [-0.25, -0.2) is 0 Å². The van der Waals surface area contributed by atoms with Gasteiger partial charge in [0.05, 0.1) is 0 Å². The highest BCUT2D eigenvalue weighted by atomic mass is 35.5. The van der Waals surface area contributed by atoms with Crippen molar-refractivity contribution < 1.29 is 0 Å². The molecule has 1 saturated heterocycles. The molecule has 3 rings (SSSR count). The van der Waals surface area contributed by atoms with Crippen molar-refractivity contribution in [3.8, 4) is 0 Å². The SMILES string of the molecule is Clc1cc(Cl)cc(Nc2nc(Cl)nc(N3CCCC3)n2)c1. The van der Waals surface area contributed by atoms with E-state index in [2.05, 4.69) is 25.2 Å². The highest BCUT2D eigenvalue weighted by Gasteiger charge is 2.17. The lowest BCUT2D eigenvalue weighted by molar-refractivity contribution is 0.883. The summed E-state index contributed by atoms with van der Waals surface area (Å²) in [7, 11) is 0. The lowest BCUT2D eigenvalue weighted by Crippen LogP contribution is -2.21. The van der Waals surface area contributed by atoms with E-state index in [4.69, 9.17) is 34.8 Å². The zero-order valence-corrected chi connectivity index (χ0v) is 13.3. The van der Waals surface area contributed by atoms with Crippen molar-refractivity contribution in [2.45, 2.75) is 12.8 Å². The van der Waals surface area contributed by atoms with E-state index in [-0.39, 0.29) is 5.28 Å². The maximum atomic E-state index is 5.98. The van der Waals surface area contributed by atoms with Gasteiger partial charge < -0.3 is 10.2 Å². The van der Waals surface area contributed by atoms with E-state index in [0.717, 1.165) is 25.9 Å². The molecule has 5 nitrogen and oxygen atoms in total. The van der Waals surface area contributed by atoms with Gasteiger partial charge in [0.25, 0.3) is 0 Å². The minimum Gasteiger partial charge on any atom is -0.341 e. The highest BCUT2D eigenvalue weighted by molar-refractivity contribution is 6.35. The van der Waals surface area contributed by atoms with Crippen molar-refractivity contribution in [1.82, 2.24) is 15.0 Å². The van der Waals surface area contributed by atoms with Crippen LogP contribution in [0.2, 0.25) is 15.3 Å². The molecule has 110 valence electrons. The number of nitrogens with zero attached hydrogens (tertiary/aromatic N) is 4. The molecule has 1 fully saturated rings. The second-order valence-corrected chi connectivity index (χ2v) is 5.92. The largest absolute Gasteiger partial charge is 0.341 e. The van der Waals surface area contributed by atoms with Crippen LogP contribution in [-0.4, -0.2) is 28.0 Å². The summed E-state index contributed by atoms with van der Waals surface area (Å²) >= 11 is 17.9. The van der Waals surface area contributed by atoms with Crippen LogP contribution in [-0.2, 0) is 0 Å². The molecule has 0 saturated carbocycles. The molecule has 0 aliphatic carbocycles. The average molecular weight is 345 g/mol. The highest BCUT2D eigenvalue weighted by Crippen LogP contribution is 2.25. The normalized spacial score (nSPS) is 14.5. The molecule has 2 aromatic rings. The standard InChI is InChI=1S/C13H12Cl3N5/c14-8-5-9(15)7-10(6-8)17-12-18-11(16)19-13(20-12)21-3-1-2-4-21/h5-7H,1-4H2,(H,17,18,19,20). The van der Waals surface area contributed by atoms with Crippen LogP contribution in [0.5, 0.6) is 0 Å². The maximum Gasteiger partial charge on any atom is 0.233 e. The Kier molecular flexibility index (Phi) is 4.33. The van der Waals surface area contributed by atoms with Crippen LogP contribution >= 0.6 is 34.8 Å². The van der Waals surface area contributed by atoms with Crippen molar-refractivity contribution >= 4 is 52.4 Å². The number of nitrogens with one attached hydrogen (secondary N) is 1. The quantitative estimate of drug-likeness (QED) is 0.905. The Morgan fingerprint density at radius 3 is 2.24 bits per heavy atom. The predicted molar refractivity (Wildman–Crippen MR) is 86.0 cm³/mol. The van der Waals surface area contributed by atoms with Gasteiger partial charge in [-0.3, -0.25) is 0 Å². The summed E-state index contributed by atoms with van der Waals surface area (Å²) in [5.41, 5.74) is 0.696. The van der Waals surface area contributed by atoms with Crippen LogP contribution in [0.3, 0.4) is 0 Å². The van der Waals surface area contributed by atoms with Crippen LogP contribution in [0.1, 0.15) is 12.8 Å². The minimum atomic E-state index is 0.155. The monoisotopic (exact) mass is 343 g/mol. The van der Waals surface area contributed by atoms with Crippen LogP contribution < -0.4 is 10.2 Å². The van der Waals surface area contributed by atoms with Gasteiger partial charge in [0.2, 0.25) is 17.2 Å². The van der Waals surface area contributed by atoms with Gasteiger partial charge in [0, 0.05) is 28.8 Å². The molecule has 0 atom stereocenters. The number of benzene rings is 1. The Hall–Kier alpha value is -1.30. The van der Waals surface area contributed by atoms with E-state index in [9.17, 15) is 0 Å². The van der Waals surface area contributed by atoms with Gasteiger partial charge in [-0.1, -0.05) is 23.2 Å². The van der Waals surface area contributed by atoms with Crippen molar-refractivity contribution in [2.24, 2.45) is 0 Å². The summed E-state index contributed by atoms with van der Waals surface area (Å²) in [5, 5.41) is 4.27. The number of anilines is 3. The Labute approximate surface area is 137 Å². The van der Waals surface area contributed by atoms with Gasteiger partial charge in [0.1, 0.15) is 0 Å². The molecular formula is C13H12Cl3N5. The van der Waals surface area contributed by atoms with Crippen LogP contribution in [0.15, 0.2) is 18.2 Å². The molecular weight excluding hydrogens is 333 g/mol. The maximum absolute atomic E-state index is 5.98. The predicted octanol–water partition coefficient (Wildman–Crippen LogP) is 4.18. The molecule has 21 heavy (non-hydrogen) atoms. The van der Waals surface area contributed by atoms with E-state index in [0.29, 0.717) is 27.6 Å². The van der Waals surface area contributed by atoms with Crippen LogP contribution in [0.4, 0.5) is 17.6 Å². The number of hydrogen-bond acceptors (Lipinski definition) is 5. The molecule has 8 heteroatoms. The third-order valence-electron chi connectivity index (χ3n) is 3.10.